The number of sulfonamides is 1. The Balaban J connectivity index is 1.28. The van der Waals surface area contributed by atoms with Crippen LogP contribution in [0.25, 0.3) is 10.9 Å². The van der Waals surface area contributed by atoms with Crippen molar-refractivity contribution in [1.29, 1.82) is 0 Å². The average Bonchev–Trinajstić information content (AvgIpc) is 3.62. The number of hydrogen-bond acceptors (Lipinski definition) is 9. The lowest BCUT2D eigenvalue weighted by molar-refractivity contribution is -0.138. The number of aromatic nitrogens is 2. The van der Waals surface area contributed by atoms with Gasteiger partial charge in [0.05, 0.1) is 29.2 Å². The molecule has 4 aromatic rings. The van der Waals surface area contributed by atoms with E-state index in [1.54, 1.807) is 36.5 Å². The smallest absolute Gasteiger partial charge is 0.293 e. The first-order valence-electron chi connectivity index (χ1n) is 13.9. The quantitative estimate of drug-likeness (QED) is 0.315. The predicted molar refractivity (Wildman–Crippen MR) is 158 cm³/mol. The van der Waals surface area contributed by atoms with Crippen molar-refractivity contribution in [1.82, 2.24) is 24.5 Å². The number of likely N-dealkylation sites (tertiary alicyclic amines) is 1. The van der Waals surface area contributed by atoms with Gasteiger partial charge >= 0.3 is 0 Å². The summed E-state index contributed by atoms with van der Waals surface area (Å²) in [6.07, 6.45) is 4.28. The lowest BCUT2D eigenvalue weighted by atomic mass is 10.0. The number of nitrogens with zero attached hydrogens (tertiary/aromatic N) is 4. The number of hydrogen-bond donors (Lipinski definition) is 2. The van der Waals surface area contributed by atoms with Crippen LogP contribution >= 0.6 is 0 Å². The molecule has 2 fully saturated rings. The first kappa shape index (κ1) is 29.1. The van der Waals surface area contributed by atoms with Gasteiger partial charge in [-0.3, -0.25) is 29.1 Å². The Morgan fingerprint density at radius 1 is 1.00 bits per heavy atom. The molecule has 2 aromatic carbocycles. The summed E-state index contributed by atoms with van der Waals surface area (Å²) >= 11 is 0. The zero-order valence-corrected chi connectivity index (χ0v) is 24.1. The third kappa shape index (κ3) is 5.31. The van der Waals surface area contributed by atoms with E-state index in [2.05, 4.69) is 15.3 Å². The molecule has 2 aliphatic rings. The van der Waals surface area contributed by atoms with E-state index >= 15 is 0 Å². The monoisotopic (exact) mass is 613 g/mol. The van der Waals surface area contributed by atoms with Gasteiger partial charge in [-0.15, -0.1) is 0 Å². The van der Waals surface area contributed by atoms with E-state index in [9.17, 15) is 32.7 Å². The molecule has 12 nitrogen and oxygen atoms in total. The number of phenolic OH excluding ortho intramolecular Hbond substituents is 1. The SMILES string of the molecule is O=C(NC(Cc1ccc(O)cc1)C(=O)N1CCC2C1C(=O)CN2S(=O)(=O)C(=O)c1cccnc1)c1cccc2cccnc12. The molecular formula is C31H27N5O7S. The Kier molecular flexibility index (Phi) is 7.66. The van der Waals surface area contributed by atoms with E-state index in [4.69, 9.17) is 0 Å². The second-order valence-corrected chi connectivity index (χ2v) is 12.4. The van der Waals surface area contributed by atoms with Crippen LogP contribution in [0.15, 0.2) is 85.3 Å². The number of carbonyl (C=O) groups is 4. The Labute approximate surface area is 252 Å². The number of nitrogens with one attached hydrogen (secondary N) is 1. The van der Waals surface area contributed by atoms with Crippen LogP contribution in [0.2, 0.25) is 0 Å². The molecule has 13 heteroatoms. The molecule has 0 bridgehead atoms. The number of fused-ring (bicyclic) bond motifs is 2. The molecule has 2 amide bonds. The second-order valence-electron chi connectivity index (χ2n) is 10.7. The summed E-state index contributed by atoms with van der Waals surface area (Å²) in [7, 11) is -4.58. The number of aromatic hydroxyl groups is 1. The van der Waals surface area contributed by atoms with Crippen molar-refractivity contribution in [3.8, 4) is 5.75 Å². The molecule has 2 N–H and O–H groups in total. The van der Waals surface area contributed by atoms with Gasteiger partial charge in [0.1, 0.15) is 17.8 Å². The number of rotatable bonds is 7. The van der Waals surface area contributed by atoms with Gasteiger partial charge in [0.15, 0.2) is 5.78 Å². The van der Waals surface area contributed by atoms with E-state index in [1.165, 1.54) is 35.4 Å². The second kappa shape index (κ2) is 11.6. The summed E-state index contributed by atoms with van der Waals surface area (Å²) in [5, 5.41) is 12.1. The zero-order chi connectivity index (χ0) is 31.0. The zero-order valence-electron chi connectivity index (χ0n) is 23.2. The molecule has 0 spiro atoms. The minimum absolute atomic E-state index is 0.0311. The van der Waals surface area contributed by atoms with Crippen molar-refractivity contribution in [2.75, 3.05) is 13.1 Å². The predicted octanol–water partition coefficient (Wildman–Crippen LogP) is 1.70. The van der Waals surface area contributed by atoms with Crippen LogP contribution in [0.3, 0.4) is 0 Å². The van der Waals surface area contributed by atoms with Gasteiger partial charge in [-0.25, -0.2) is 8.42 Å². The molecule has 44 heavy (non-hydrogen) atoms. The van der Waals surface area contributed by atoms with Crippen molar-refractivity contribution in [2.45, 2.75) is 31.0 Å². The molecule has 224 valence electrons. The van der Waals surface area contributed by atoms with E-state index in [0.717, 1.165) is 15.9 Å². The Morgan fingerprint density at radius 2 is 1.75 bits per heavy atom. The fraction of sp³-hybridized carbons (Fsp3) is 0.226. The maximum absolute atomic E-state index is 14.1. The fourth-order valence-electron chi connectivity index (χ4n) is 5.87. The summed E-state index contributed by atoms with van der Waals surface area (Å²) in [6, 6.07) is 14.4. The van der Waals surface area contributed by atoms with E-state index in [1.807, 2.05) is 12.1 Å². The standard InChI is InChI=1S/C31H27N5O7S/c37-22-10-8-19(9-11-22)16-24(34-29(39)23-7-1-4-20-5-3-14-33-27(20)23)30(40)35-15-12-25-28(35)26(38)18-36(25)44(42,43)31(41)21-6-2-13-32-17-21/h1-11,13-14,17,24-25,28,37H,12,15-16,18H2,(H,34,39). The maximum Gasteiger partial charge on any atom is 0.293 e. The summed E-state index contributed by atoms with van der Waals surface area (Å²) in [4.78, 5) is 63.2. The minimum Gasteiger partial charge on any atom is -0.508 e. The van der Waals surface area contributed by atoms with Crippen LogP contribution < -0.4 is 5.32 Å². The highest BCUT2D eigenvalue weighted by Crippen LogP contribution is 2.33. The molecule has 3 unspecified atom stereocenters. The number of benzene rings is 2. The van der Waals surface area contributed by atoms with Crippen molar-refractivity contribution in [3.63, 3.8) is 0 Å². The number of carbonyl (C=O) groups excluding carboxylic acids is 4. The number of amides is 2. The molecule has 2 aromatic heterocycles. The molecule has 2 aliphatic heterocycles. The van der Waals surface area contributed by atoms with Crippen LogP contribution in [0, 0.1) is 0 Å². The van der Waals surface area contributed by atoms with Gasteiger partial charge in [-0.1, -0.05) is 30.3 Å². The van der Waals surface area contributed by atoms with Crippen LogP contribution in [0.1, 0.15) is 32.7 Å². The normalized spacial score (nSPS) is 19.1. The maximum atomic E-state index is 14.1. The number of phenols is 1. The molecule has 0 radical (unpaired) electrons. The van der Waals surface area contributed by atoms with Crippen LogP contribution in [0.5, 0.6) is 5.75 Å². The first-order chi connectivity index (χ1) is 21.1. The average molecular weight is 614 g/mol. The Morgan fingerprint density at radius 3 is 2.50 bits per heavy atom. The highest BCUT2D eigenvalue weighted by atomic mass is 32.2. The Hall–Kier alpha value is -5.01. The van der Waals surface area contributed by atoms with Crippen LogP contribution in [0.4, 0.5) is 0 Å². The summed E-state index contributed by atoms with van der Waals surface area (Å²) in [5.41, 5.74) is 1.22. The fourth-order valence-corrected chi connectivity index (χ4v) is 7.38. The van der Waals surface area contributed by atoms with Crippen LogP contribution in [-0.2, 0) is 26.0 Å². The minimum atomic E-state index is -4.58. The lowest BCUT2D eigenvalue weighted by Crippen LogP contribution is -2.53. The number of ketones is 1. The van der Waals surface area contributed by atoms with Gasteiger partial charge in [-0.05, 0) is 48.4 Å². The number of Topliss-reactive ketones (excluding diaryl/α,β-unsaturated/α-hetero) is 1. The van der Waals surface area contributed by atoms with Crippen molar-refractivity contribution in [2.24, 2.45) is 0 Å². The van der Waals surface area contributed by atoms with Gasteiger partial charge in [0.25, 0.3) is 21.0 Å². The van der Waals surface area contributed by atoms with Gasteiger partial charge < -0.3 is 15.3 Å². The van der Waals surface area contributed by atoms with E-state index in [-0.39, 0.29) is 36.3 Å². The van der Waals surface area contributed by atoms with E-state index < -0.39 is 57.4 Å². The first-order valence-corrected chi connectivity index (χ1v) is 15.3. The molecule has 0 saturated carbocycles. The summed E-state index contributed by atoms with van der Waals surface area (Å²) in [5.74, 6) is -1.61. The lowest BCUT2D eigenvalue weighted by Gasteiger charge is -2.28. The highest BCUT2D eigenvalue weighted by molar-refractivity contribution is 8.04. The molecular weight excluding hydrogens is 586 g/mol. The largest absolute Gasteiger partial charge is 0.508 e. The molecule has 6 rings (SSSR count). The number of pyridine rings is 2. The topological polar surface area (TPSA) is 167 Å². The van der Waals surface area contributed by atoms with Gasteiger partial charge in [-0.2, -0.15) is 4.31 Å². The van der Waals surface area contributed by atoms with E-state index in [0.29, 0.717) is 11.1 Å². The Bertz CT molecular complexity index is 1880. The summed E-state index contributed by atoms with van der Waals surface area (Å²) < 4.78 is 27.5. The van der Waals surface area contributed by atoms with Crippen molar-refractivity contribution >= 4 is 43.6 Å². The van der Waals surface area contributed by atoms with Gasteiger partial charge in [0, 0.05) is 36.9 Å². The molecule has 4 heterocycles. The number of para-hydroxylation sites is 1. The van der Waals surface area contributed by atoms with Crippen molar-refractivity contribution in [3.05, 3.63) is 102 Å². The molecule has 2 saturated heterocycles. The van der Waals surface area contributed by atoms with Gasteiger partial charge in [0.2, 0.25) is 5.91 Å². The molecule has 3 atom stereocenters. The van der Waals surface area contributed by atoms with Crippen LogP contribution in [-0.4, -0.2) is 86.6 Å². The highest BCUT2D eigenvalue weighted by Gasteiger charge is 2.55. The summed E-state index contributed by atoms with van der Waals surface area (Å²) in [6.45, 7) is -0.505. The molecule has 0 aliphatic carbocycles. The third-order valence-electron chi connectivity index (χ3n) is 7.96. The third-order valence-corrected chi connectivity index (χ3v) is 9.68. The van der Waals surface area contributed by atoms with Crippen molar-refractivity contribution < 1.29 is 32.7 Å².